The van der Waals surface area contributed by atoms with E-state index in [9.17, 15) is 14.0 Å². The molecule has 0 radical (unpaired) electrons. The Hall–Kier alpha value is -1.86. The maximum absolute atomic E-state index is 14.8. The van der Waals surface area contributed by atoms with Crippen molar-refractivity contribution in [3.05, 3.63) is 29.1 Å². The van der Waals surface area contributed by atoms with E-state index in [1.54, 1.807) is 11.0 Å². The van der Waals surface area contributed by atoms with Gasteiger partial charge in [0.2, 0.25) is 0 Å². The van der Waals surface area contributed by atoms with E-state index in [2.05, 4.69) is 5.32 Å². The number of amides is 2. The van der Waals surface area contributed by atoms with Gasteiger partial charge in [0.05, 0.1) is 5.69 Å². The van der Waals surface area contributed by atoms with Crippen LogP contribution in [0.1, 0.15) is 49.7 Å². The van der Waals surface area contributed by atoms with Crippen molar-refractivity contribution in [3.63, 3.8) is 0 Å². The average molecular weight is 440 g/mol. The predicted octanol–water partition coefficient (Wildman–Crippen LogP) is 3.60. The first kappa shape index (κ1) is 22.8. The first-order valence-corrected chi connectivity index (χ1v) is 10.8. The standard InChI is InChI=1S/C22H30FN3O3.ClH/c23-19-13-16-7-9-24-10-8-17(16)14-20(19)26-12-11-25(22(26)29)18-4-1-15(2-5-18)3-6-21(27)28;/h13-15,18,24H,1-12H2,(H,27,28);1H. The van der Waals surface area contributed by atoms with Gasteiger partial charge >= 0.3 is 12.0 Å². The molecule has 166 valence electrons. The molecule has 1 aromatic carbocycles. The maximum atomic E-state index is 14.8. The minimum atomic E-state index is -0.740. The van der Waals surface area contributed by atoms with E-state index in [0.717, 1.165) is 69.2 Å². The van der Waals surface area contributed by atoms with Gasteiger partial charge in [0.25, 0.3) is 0 Å². The highest BCUT2D eigenvalue weighted by molar-refractivity contribution is 5.94. The summed E-state index contributed by atoms with van der Waals surface area (Å²) in [4.78, 5) is 27.4. The van der Waals surface area contributed by atoms with Crippen molar-refractivity contribution in [2.45, 2.75) is 57.4 Å². The molecule has 3 aliphatic rings. The lowest BCUT2D eigenvalue weighted by Crippen LogP contribution is -2.41. The summed E-state index contributed by atoms with van der Waals surface area (Å²) in [6, 6.07) is 3.58. The van der Waals surface area contributed by atoms with Crippen LogP contribution in [0.25, 0.3) is 0 Å². The minimum Gasteiger partial charge on any atom is -0.481 e. The molecular formula is C22H31ClFN3O3. The Balaban J connectivity index is 0.00000256. The Morgan fingerprint density at radius 1 is 1.10 bits per heavy atom. The number of halogens is 2. The minimum absolute atomic E-state index is 0. The zero-order valence-electron chi connectivity index (χ0n) is 17.2. The van der Waals surface area contributed by atoms with Gasteiger partial charge in [0.1, 0.15) is 5.82 Å². The number of fused-ring (bicyclic) bond motifs is 1. The molecule has 2 fully saturated rings. The zero-order chi connectivity index (χ0) is 20.4. The number of carbonyl (C=O) groups excluding carboxylic acids is 1. The molecule has 0 aromatic heterocycles. The second kappa shape index (κ2) is 9.96. The van der Waals surface area contributed by atoms with Crippen LogP contribution in [0.2, 0.25) is 0 Å². The molecule has 2 aliphatic heterocycles. The third-order valence-electron chi connectivity index (χ3n) is 6.77. The number of aliphatic carboxylic acids is 1. The Bertz CT molecular complexity index is 783. The smallest absolute Gasteiger partial charge is 0.324 e. The van der Waals surface area contributed by atoms with E-state index in [4.69, 9.17) is 5.11 Å². The Morgan fingerprint density at radius 2 is 1.77 bits per heavy atom. The third kappa shape index (κ3) is 4.89. The Labute approximate surface area is 183 Å². The summed E-state index contributed by atoms with van der Waals surface area (Å²) < 4.78 is 14.8. The second-order valence-corrected chi connectivity index (χ2v) is 8.56. The van der Waals surface area contributed by atoms with E-state index >= 15 is 0 Å². The fourth-order valence-corrected chi connectivity index (χ4v) is 5.08. The molecule has 2 heterocycles. The third-order valence-corrected chi connectivity index (χ3v) is 6.77. The van der Waals surface area contributed by atoms with Gasteiger partial charge in [-0.25, -0.2) is 9.18 Å². The van der Waals surface area contributed by atoms with Gasteiger partial charge in [0.15, 0.2) is 0 Å². The Kier molecular flexibility index (Phi) is 7.58. The largest absolute Gasteiger partial charge is 0.481 e. The Morgan fingerprint density at radius 3 is 2.43 bits per heavy atom. The molecule has 1 saturated heterocycles. The molecule has 0 unspecified atom stereocenters. The highest BCUT2D eigenvalue weighted by atomic mass is 35.5. The van der Waals surface area contributed by atoms with Crippen LogP contribution in [0.4, 0.5) is 14.9 Å². The maximum Gasteiger partial charge on any atom is 0.324 e. The van der Waals surface area contributed by atoms with Crippen LogP contribution < -0.4 is 10.2 Å². The lowest BCUT2D eigenvalue weighted by molar-refractivity contribution is -0.137. The normalized spacial score (nSPS) is 24.2. The number of carboxylic acid groups (broad SMARTS) is 1. The number of benzene rings is 1. The first-order chi connectivity index (χ1) is 14.0. The topological polar surface area (TPSA) is 72.9 Å². The number of urea groups is 1. The number of hydrogen-bond donors (Lipinski definition) is 2. The molecule has 6 nitrogen and oxygen atoms in total. The number of nitrogens with zero attached hydrogens (tertiary/aromatic N) is 2. The molecule has 1 aliphatic carbocycles. The lowest BCUT2D eigenvalue weighted by Gasteiger charge is -2.34. The van der Waals surface area contributed by atoms with Crippen molar-refractivity contribution in [3.8, 4) is 0 Å². The number of carboxylic acids is 1. The van der Waals surface area contributed by atoms with Crippen LogP contribution in [0, 0.1) is 11.7 Å². The summed E-state index contributed by atoms with van der Waals surface area (Å²) in [7, 11) is 0. The predicted molar refractivity (Wildman–Crippen MR) is 116 cm³/mol. The first-order valence-electron chi connectivity index (χ1n) is 10.8. The summed E-state index contributed by atoms with van der Waals surface area (Å²) in [5.41, 5.74) is 2.59. The molecular weight excluding hydrogens is 409 g/mol. The van der Waals surface area contributed by atoms with Crippen molar-refractivity contribution in [1.82, 2.24) is 10.2 Å². The van der Waals surface area contributed by atoms with Gasteiger partial charge in [-0.3, -0.25) is 9.69 Å². The van der Waals surface area contributed by atoms with Gasteiger partial charge in [-0.1, -0.05) is 0 Å². The molecule has 8 heteroatoms. The fourth-order valence-electron chi connectivity index (χ4n) is 5.08. The fraction of sp³-hybridized carbons (Fsp3) is 0.636. The summed E-state index contributed by atoms with van der Waals surface area (Å²) in [6.07, 6.45) is 6.34. The molecule has 4 rings (SSSR count). The van der Waals surface area contributed by atoms with Gasteiger partial charge in [-0.05, 0) is 87.2 Å². The summed E-state index contributed by atoms with van der Waals surface area (Å²) >= 11 is 0. The van der Waals surface area contributed by atoms with Crippen LogP contribution in [0.3, 0.4) is 0 Å². The van der Waals surface area contributed by atoms with Crippen molar-refractivity contribution < 1.29 is 19.1 Å². The number of anilines is 1. The molecule has 0 atom stereocenters. The van der Waals surface area contributed by atoms with Crippen molar-refractivity contribution in [2.24, 2.45) is 5.92 Å². The molecule has 30 heavy (non-hydrogen) atoms. The average Bonchev–Trinajstić information content (AvgIpc) is 2.93. The molecule has 0 bridgehead atoms. The summed E-state index contributed by atoms with van der Waals surface area (Å²) in [5.74, 6) is -0.610. The van der Waals surface area contributed by atoms with Crippen molar-refractivity contribution >= 4 is 30.1 Å². The lowest BCUT2D eigenvalue weighted by atomic mass is 9.83. The highest BCUT2D eigenvalue weighted by Gasteiger charge is 2.37. The van der Waals surface area contributed by atoms with Crippen LogP contribution in [0.5, 0.6) is 0 Å². The second-order valence-electron chi connectivity index (χ2n) is 8.56. The van der Waals surface area contributed by atoms with Crippen LogP contribution in [-0.2, 0) is 17.6 Å². The summed E-state index contributed by atoms with van der Waals surface area (Å²) in [5, 5.41) is 12.2. The van der Waals surface area contributed by atoms with Gasteiger partial charge < -0.3 is 15.3 Å². The molecule has 0 spiro atoms. The van der Waals surface area contributed by atoms with E-state index in [-0.39, 0.29) is 36.7 Å². The number of rotatable bonds is 5. The van der Waals surface area contributed by atoms with Crippen LogP contribution in [-0.4, -0.2) is 54.2 Å². The quantitative estimate of drug-likeness (QED) is 0.735. The molecule has 2 N–H and O–H groups in total. The van der Waals surface area contributed by atoms with Crippen molar-refractivity contribution in [2.75, 3.05) is 31.1 Å². The van der Waals surface area contributed by atoms with Gasteiger partial charge in [-0.15, -0.1) is 12.4 Å². The van der Waals surface area contributed by atoms with E-state index in [1.807, 2.05) is 11.0 Å². The van der Waals surface area contributed by atoms with Gasteiger partial charge in [-0.2, -0.15) is 0 Å². The van der Waals surface area contributed by atoms with Crippen LogP contribution >= 0.6 is 12.4 Å². The van der Waals surface area contributed by atoms with Crippen LogP contribution in [0.15, 0.2) is 12.1 Å². The molecule has 1 saturated carbocycles. The van der Waals surface area contributed by atoms with Gasteiger partial charge in [0, 0.05) is 25.6 Å². The zero-order valence-corrected chi connectivity index (χ0v) is 18.1. The van der Waals surface area contributed by atoms with E-state index in [1.165, 1.54) is 0 Å². The van der Waals surface area contributed by atoms with E-state index in [0.29, 0.717) is 24.7 Å². The van der Waals surface area contributed by atoms with E-state index < -0.39 is 5.97 Å². The highest BCUT2D eigenvalue weighted by Crippen LogP contribution is 2.34. The SMILES string of the molecule is Cl.O=C(O)CCC1CCC(N2CCN(c3cc4c(cc3F)CCNCC4)C2=O)CC1. The number of nitrogens with one attached hydrogen (secondary N) is 1. The molecule has 2 amide bonds. The number of hydrogen-bond acceptors (Lipinski definition) is 3. The number of carbonyl (C=O) groups is 2. The van der Waals surface area contributed by atoms with Crippen molar-refractivity contribution in [1.29, 1.82) is 0 Å². The monoisotopic (exact) mass is 439 g/mol. The summed E-state index contributed by atoms with van der Waals surface area (Å²) in [6.45, 7) is 2.88. The molecule has 1 aromatic rings.